The zero-order valence-electron chi connectivity index (χ0n) is 16.8. The van der Waals surface area contributed by atoms with Crippen LogP contribution in [0.4, 0.5) is 0 Å². The summed E-state index contributed by atoms with van der Waals surface area (Å²) in [7, 11) is 2.00. The molecule has 0 aliphatic rings. The van der Waals surface area contributed by atoms with Crippen molar-refractivity contribution in [3.8, 4) is 0 Å². The molecule has 2 atom stereocenters. The van der Waals surface area contributed by atoms with E-state index < -0.39 is 6.04 Å². The molecule has 0 fully saturated rings. The molecule has 2 aromatic rings. The highest BCUT2D eigenvalue weighted by Crippen LogP contribution is 2.14. The maximum absolute atomic E-state index is 12.4. The number of amides is 1. The number of likely N-dealkylation sites (N-methyl/N-ethyl adjacent to an activating group) is 1. The molecule has 0 bridgehead atoms. The van der Waals surface area contributed by atoms with Crippen LogP contribution in [0.2, 0.25) is 0 Å². The van der Waals surface area contributed by atoms with Gasteiger partial charge < -0.3 is 10.2 Å². The monoisotopic (exact) mass is 367 g/mol. The minimum atomic E-state index is -0.474. The average Bonchev–Trinajstić information content (AvgIpc) is 2.62. The van der Waals surface area contributed by atoms with Crippen LogP contribution >= 0.6 is 0 Å². The van der Waals surface area contributed by atoms with Gasteiger partial charge >= 0.3 is 0 Å². The summed E-state index contributed by atoms with van der Waals surface area (Å²) in [6, 6.07) is 17.9. The van der Waals surface area contributed by atoms with Crippen LogP contribution in [0, 0.1) is 0 Å². The molecule has 4 heteroatoms. The van der Waals surface area contributed by atoms with E-state index in [1.165, 1.54) is 18.1 Å². The molecule has 0 saturated carbocycles. The zero-order valence-corrected chi connectivity index (χ0v) is 16.8. The molecule has 0 aromatic heterocycles. The fraction of sp³-hybridized carbons (Fsp3) is 0.391. The number of Topliss-reactive ketones (excluding diaryl/α,β-unsaturated/α-hetero) is 1. The minimum Gasteiger partial charge on any atom is -0.341 e. The molecule has 2 aromatic carbocycles. The lowest BCUT2D eigenvalue weighted by atomic mass is 10.0. The minimum absolute atomic E-state index is 0.0193. The number of nitrogens with one attached hydrogen (secondary N) is 2. The first kappa shape index (κ1) is 20.8. The number of ketones is 1. The third-order valence-corrected chi connectivity index (χ3v) is 4.72. The molecule has 2 rings (SSSR count). The molecule has 0 spiro atoms. The predicted octanol–water partition coefficient (Wildman–Crippen LogP) is 2.14. The molecule has 27 heavy (non-hydrogen) atoms. The number of carbonyl (C=O) groups is 2. The third-order valence-electron chi connectivity index (χ3n) is 4.72. The lowest BCUT2D eigenvalue weighted by molar-refractivity contribution is -0.885. The van der Waals surface area contributed by atoms with Crippen LogP contribution in [0.1, 0.15) is 43.4 Å². The SMILES string of the molecule is CC(=O)[C@@H](Cc1ccccc1)NC(=O)C[NH+](C)Cc1ccc(C(C)C)cc1. The Morgan fingerprint density at radius 3 is 2.15 bits per heavy atom. The quantitative estimate of drug-likeness (QED) is 0.713. The number of hydrogen-bond donors (Lipinski definition) is 2. The van der Waals surface area contributed by atoms with Crippen LogP contribution in [-0.4, -0.2) is 31.3 Å². The highest BCUT2D eigenvalue weighted by Gasteiger charge is 2.19. The van der Waals surface area contributed by atoms with Gasteiger partial charge in [0.2, 0.25) is 0 Å². The van der Waals surface area contributed by atoms with Crippen LogP contribution in [-0.2, 0) is 22.6 Å². The van der Waals surface area contributed by atoms with Gasteiger partial charge in [0, 0.05) is 5.56 Å². The lowest BCUT2D eigenvalue weighted by Crippen LogP contribution is -3.09. The van der Waals surface area contributed by atoms with Crippen molar-refractivity contribution in [3.05, 3.63) is 71.3 Å². The van der Waals surface area contributed by atoms with E-state index in [0.29, 0.717) is 18.9 Å². The molecule has 1 amide bonds. The summed E-state index contributed by atoms with van der Waals surface area (Å²) in [6.07, 6.45) is 0.525. The Morgan fingerprint density at radius 1 is 0.963 bits per heavy atom. The van der Waals surface area contributed by atoms with Crippen LogP contribution in [0.5, 0.6) is 0 Å². The van der Waals surface area contributed by atoms with Gasteiger partial charge in [-0.3, -0.25) is 9.59 Å². The van der Waals surface area contributed by atoms with Gasteiger partial charge in [-0.25, -0.2) is 0 Å². The zero-order chi connectivity index (χ0) is 19.8. The molecule has 0 heterocycles. The number of benzene rings is 2. The Balaban J connectivity index is 1.87. The molecule has 0 aliphatic heterocycles. The van der Waals surface area contributed by atoms with Crippen molar-refractivity contribution in [3.63, 3.8) is 0 Å². The summed E-state index contributed by atoms with van der Waals surface area (Å²) in [6.45, 7) is 7.00. The van der Waals surface area contributed by atoms with Crippen LogP contribution in [0.3, 0.4) is 0 Å². The topological polar surface area (TPSA) is 50.6 Å². The van der Waals surface area contributed by atoms with E-state index in [1.807, 2.05) is 37.4 Å². The molecule has 0 aliphatic carbocycles. The average molecular weight is 368 g/mol. The summed E-state index contributed by atoms with van der Waals surface area (Å²) in [4.78, 5) is 25.4. The molecule has 1 unspecified atom stereocenters. The molecule has 2 N–H and O–H groups in total. The number of quaternary nitrogens is 1. The Kier molecular flexibility index (Phi) is 7.74. The first-order valence-corrected chi connectivity index (χ1v) is 9.59. The first-order chi connectivity index (χ1) is 12.8. The van der Waals surface area contributed by atoms with E-state index in [2.05, 4.69) is 43.4 Å². The van der Waals surface area contributed by atoms with Crippen molar-refractivity contribution >= 4 is 11.7 Å². The largest absolute Gasteiger partial charge is 0.341 e. The first-order valence-electron chi connectivity index (χ1n) is 9.59. The van der Waals surface area contributed by atoms with Gasteiger partial charge in [0.1, 0.15) is 6.54 Å². The summed E-state index contributed by atoms with van der Waals surface area (Å²) in [5, 5.41) is 2.90. The predicted molar refractivity (Wildman–Crippen MR) is 109 cm³/mol. The van der Waals surface area contributed by atoms with Crippen LogP contribution in [0.25, 0.3) is 0 Å². The number of rotatable bonds is 9. The van der Waals surface area contributed by atoms with Crippen molar-refractivity contribution in [2.75, 3.05) is 13.6 Å². The van der Waals surface area contributed by atoms with E-state index >= 15 is 0 Å². The Labute approximate surface area is 162 Å². The van der Waals surface area contributed by atoms with E-state index in [9.17, 15) is 9.59 Å². The maximum Gasteiger partial charge on any atom is 0.275 e. The fourth-order valence-electron chi connectivity index (χ4n) is 3.10. The summed E-state index contributed by atoms with van der Waals surface area (Å²) < 4.78 is 0. The van der Waals surface area contributed by atoms with E-state index in [0.717, 1.165) is 17.0 Å². The van der Waals surface area contributed by atoms with Gasteiger partial charge in [-0.15, -0.1) is 0 Å². The van der Waals surface area contributed by atoms with Crippen molar-refractivity contribution in [2.45, 2.75) is 45.7 Å². The molecule has 0 saturated heterocycles. The second-order valence-corrected chi connectivity index (χ2v) is 7.63. The molecule has 4 nitrogen and oxygen atoms in total. The van der Waals surface area contributed by atoms with Gasteiger partial charge in [-0.05, 0) is 30.4 Å². The van der Waals surface area contributed by atoms with E-state index in [-0.39, 0.29) is 11.7 Å². The number of carbonyl (C=O) groups excluding carboxylic acids is 2. The van der Waals surface area contributed by atoms with Crippen molar-refractivity contribution in [2.24, 2.45) is 0 Å². The third kappa shape index (κ3) is 6.99. The van der Waals surface area contributed by atoms with Crippen molar-refractivity contribution < 1.29 is 14.5 Å². The summed E-state index contributed by atoms with van der Waals surface area (Å²) in [5.74, 6) is 0.402. The van der Waals surface area contributed by atoms with Gasteiger partial charge in [-0.1, -0.05) is 68.4 Å². The Morgan fingerprint density at radius 2 is 1.59 bits per heavy atom. The van der Waals surface area contributed by atoms with E-state index in [4.69, 9.17) is 0 Å². The van der Waals surface area contributed by atoms with Gasteiger partial charge in [-0.2, -0.15) is 0 Å². The van der Waals surface area contributed by atoms with Gasteiger partial charge in [0.15, 0.2) is 12.3 Å². The molecule has 144 valence electrons. The molecular weight excluding hydrogens is 336 g/mol. The molecule has 0 radical (unpaired) electrons. The van der Waals surface area contributed by atoms with Gasteiger partial charge in [0.25, 0.3) is 5.91 Å². The highest BCUT2D eigenvalue weighted by atomic mass is 16.2. The standard InChI is InChI=1S/C23H30N2O2/c1-17(2)21-12-10-20(11-13-21)15-25(4)16-23(27)24-22(18(3)26)14-19-8-6-5-7-9-19/h5-13,17,22H,14-16H2,1-4H3,(H,24,27)/p+1/t22-/m1/s1. The highest BCUT2D eigenvalue weighted by molar-refractivity contribution is 5.88. The fourth-order valence-corrected chi connectivity index (χ4v) is 3.10. The Hall–Kier alpha value is -2.46. The summed E-state index contributed by atoms with van der Waals surface area (Å²) in [5.41, 5.74) is 3.57. The van der Waals surface area contributed by atoms with Crippen LogP contribution < -0.4 is 10.2 Å². The normalized spacial score (nSPS) is 13.2. The lowest BCUT2D eigenvalue weighted by Gasteiger charge is -2.18. The second-order valence-electron chi connectivity index (χ2n) is 7.63. The Bertz CT molecular complexity index is 739. The summed E-state index contributed by atoms with van der Waals surface area (Å²) >= 11 is 0. The second kappa shape index (κ2) is 10.0. The van der Waals surface area contributed by atoms with Crippen molar-refractivity contribution in [1.29, 1.82) is 0 Å². The molecular formula is C23H31N2O2+. The van der Waals surface area contributed by atoms with E-state index in [1.54, 1.807) is 0 Å². The smallest absolute Gasteiger partial charge is 0.275 e. The van der Waals surface area contributed by atoms with Crippen LogP contribution in [0.15, 0.2) is 54.6 Å². The van der Waals surface area contributed by atoms with Gasteiger partial charge in [0.05, 0.1) is 13.1 Å². The number of hydrogen-bond acceptors (Lipinski definition) is 2. The maximum atomic E-state index is 12.4. The van der Waals surface area contributed by atoms with Crippen molar-refractivity contribution in [1.82, 2.24) is 5.32 Å².